The third kappa shape index (κ3) is 3.57. The number of hydrogen-bond acceptors (Lipinski definition) is 3. The number of nitriles is 1. The van der Waals surface area contributed by atoms with Crippen molar-refractivity contribution < 1.29 is 4.74 Å². The summed E-state index contributed by atoms with van der Waals surface area (Å²) in [5, 5.41) is 9.19. The Balaban J connectivity index is 1.98. The van der Waals surface area contributed by atoms with Crippen molar-refractivity contribution in [2.75, 3.05) is 6.61 Å². The van der Waals surface area contributed by atoms with Crippen molar-refractivity contribution in [1.82, 2.24) is 0 Å². The minimum Gasteiger partial charge on any atom is -0.492 e. The summed E-state index contributed by atoms with van der Waals surface area (Å²) < 4.78 is 5.65. The summed E-state index contributed by atoms with van der Waals surface area (Å²) in [6, 6.07) is 19.5. The highest BCUT2D eigenvalue weighted by molar-refractivity contribution is 5.28. The van der Waals surface area contributed by atoms with E-state index in [4.69, 9.17) is 10.5 Å². The number of nitrogens with zero attached hydrogens (tertiary/aromatic N) is 1. The van der Waals surface area contributed by atoms with Crippen LogP contribution >= 0.6 is 0 Å². The number of rotatable bonds is 5. The van der Waals surface area contributed by atoms with Gasteiger partial charge in [-0.3, -0.25) is 0 Å². The summed E-state index contributed by atoms with van der Waals surface area (Å²) in [6.45, 7) is 0.869. The molecule has 2 aromatic rings. The van der Waals surface area contributed by atoms with Crippen LogP contribution in [0.1, 0.15) is 17.0 Å². The zero-order valence-corrected chi connectivity index (χ0v) is 10.6. The number of nitrogens with two attached hydrogens (primary N) is 1. The van der Waals surface area contributed by atoms with Gasteiger partial charge in [-0.1, -0.05) is 42.5 Å². The molecule has 0 amide bonds. The quantitative estimate of drug-likeness (QED) is 0.890. The van der Waals surface area contributed by atoms with Gasteiger partial charge in [0.25, 0.3) is 0 Å². The van der Waals surface area contributed by atoms with Gasteiger partial charge < -0.3 is 10.5 Å². The highest BCUT2D eigenvalue weighted by Crippen LogP contribution is 2.18. The smallest absolute Gasteiger partial charge is 0.119 e. The van der Waals surface area contributed by atoms with Crippen LogP contribution in [0.4, 0.5) is 0 Å². The molecule has 0 aromatic heterocycles. The molecule has 0 aliphatic carbocycles. The molecule has 3 heteroatoms. The SMILES string of the molecule is N#CC(COc1ccc(CN)cc1)c1ccccc1. The third-order valence-electron chi connectivity index (χ3n) is 2.93. The van der Waals surface area contributed by atoms with Gasteiger partial charge in [-0.05, 0) is 23.3 Å². The summed E-state index contributed by atoms with van der Waals surface area (Å²) in [7, 11) is 0. The first-order valence-electron chi connectivity index (χ1n) is 6.20. The van der Waals surface area contributed by atoms with Crippen molar-refractivity contribution >= 4 is 0 Å². The van der Waals surface area contributed by atoms with Crippen molar-refractivity contribution in [3.8, 4) is 11.8 Å². The first-order valence-corrected chi connectivity index (χ1v) is 6.20. The van der Waals surface area contributed by atoms with E-state index >= 15 is 0 Å². The molecule has 19 heavy (non-hydrogen) atoms. The number of ether oxygens (including phenoxy) is 1. The van der Waals surface area contributed by atoms with Crippen LogP contribution in [0.2, 0.25) is 0 Å². The van der Waals surface area contributed by atoms with Crippen LogP contribution in [-0.2, 0) is 6.54 Å². The normalized spacial score (nSPS) is 11.6. The van der Waals surface area contributed by atoms with Crippen molar-refractivity contribution in [2.45, 2.75) is 12.5 Å². The zero-order valence-electron chi connectivity index (χ0n) is 10.6. The van der Waals surface area contributed by atoms with Gasteiger partial charge in [-0.2, -0.15) is 5.26 Å². The number of benzene rings is 2. The molecule has 0 fully saturated rings. The fraction of sp³-hybridized carbons (Fsp3) is 0.188. The molecule has 2 N–H and O–H groups in total. The Labute approximate surface area is 113 Å². The van der Waals surface area contributed by atoms with E-state index in [1.54, 1.807) is 0 Å². The van der Waals surface area contributed by atoms with Crippen molar-refractivity contribution in [3.63, 3.8) is 0 Å². The Hall–Kier alpha value is -2.31. The van der Waals surface area contributed by atoms with E-state index in [0.717, 1.165) is 16.9 Å². The van der Waals surface area contributed by atoms with Crippen LogP contribution in [-0.4, -0.2) is 6.61 Å². The average molecular weight is 252 g/mol. The maximum Gasteiger partial charge on any atom is 0.119 e. The lowest BCUT2D eigenvalue weighted by molar-refractivity contribution is 0.308. The summed E-state index contributed by atoms with van der Waals surface area (Å²) in [5.41, 5.74) is 7.57. The molecule has 2 aromatic carbocycles. The van der Waals surface area contributed by atoms with Crippen LogP contribution in [0, 0.1) is 11.3 Å². The highest BCUT2D eigenvalue weighted by atomic mass is 16.5. The second-order valence-electron chi connectivity index (χ2n) is 4.25. The monoisotopic (exact) mass is 252 g/mol. The molecule has 2 rings (SSSR count). The molecule has 0 heterocycles. The van der Waals surface area contributed by atoms with Gasteiger partial charge in [0.05, 0.1) is 6.07 Å². The Morgan fingerprint density at radius 2 is 1.74 bits per heavy atom. The third-order valence-corrected chi connectivity index (χ3v) is 2.93. The number of hydrogen-bond donors (Lipinski definition) is 1. The molecule has 0 bridgehead atoms. The average Bonchev–Trinajstić information content (AvgIpc) is 2.49. The Morgan fingerprint density at radius 3 is 2.32 bits per heavy atom. The van der Waals surface area contributed by atoms with Crippen LogP contribution < -0.4 is 10.5 Å². The molecule has 0 saturated carbocycles. The predicted octanol–water partition coefficient (Wildman–Crippen LogP) is 2.83. The maximum atomic E-state index is 9.19. The van der Waals surface area contributed by atoms with Crippen LogP contribution in [0.25, 0.3) is 0 Å². The van der Waals surface area contributed by atoms with E-state index in [0.29, 0.717) is 13.2 Å². The fourth-order valence-electron chi connectivity index (χ4n) is 1.79. The van der Waals surface area contributed by atoms with E-state index < -0.39 is 0 Å². The van der Waals surface area contributed by atoms with E-state index in [-0.39, 0.29) is 5.92 Å². The van der Waals surface area contributed by atoms with Crippen molar-refractivity contribution in [3.05, 3.63) is 65.7 Å². The standard InChI is InChI=1S/C16H16N2O/c17-10-13-6-8-16(9-7-13)19-12-15(11-18)14-4-2-1-3-5-14/h1-9,15H,10,12,17H2. The lowest BCUT2D eigenvalue weighted by atomic mass is 10.0. The van der Waals surface area contributed by atoms with Crippen LogP contribution in [0.5, 0.6) is 5.75 Å². The van der Waals surface area contributed by atoms with Gasteiger partial charge in [0.15, 0.2) is 0 Å². The summed E-state index contributed by atoms with van der Waals surface area (Å²) in [5.74, 6) is 0.503. The Morgan fingerprint density at radius 1 is 1.05 bits per heavy atom. The maximum absolute atomic E-state index is 9.19. The van der Waals surface area contributed by atoms with Crippen LogP contribution in [0.3, 0.4) is 0 Å². The minimum atomic E-state index is -0.254. The first kappa shape index (κ1) is 13.1. The van der Waals surface area contributed by atoms with E-state index in [1.165, 1.54) is 0 Å². The van der Waals surface area contributed by atoms with Gasteiger partial charge in [-0.15, -0.1) is 0 Å². The van der Waals surface area contributed by atoms with Crippen LogP contribution in [0.15, 0.2) is 54.6 Å². The predicted molar refractivity (Wildman–Crippen MR) is 74.6 cm³/mol. The minimum absolute atomic E-state index is 0.254. The lowest BCUT2D eigenvalue weighted by Crippen LogP contribution is -2.08. The van der Waals surface area contributed by atoms with E-state index in [1.807, 2.05) is 54.6 Å². The van der Waals surface area contributed by atoms with Gasteiger partial charge in [0, 0.05) is 6.54 Å². The van der Waals surface area contributed by atoms with E-state index in [9.17, 15) is 5.26 Å². The molecule has 1 unspecified atom stereocenters. The molecule has 0 aliphatic heterocycles. The molecular weight excluding hydrogens is 236 g/mol. The fourth-order valence-corrected chi connectivity index (χ4v) is 1.79. The molecule has 3 nitrogen and oxygen atoms in total. The summed E-state index contributed by atoms with van der Waals surface area (Å²) in [6.07, 6.45) is 0. The van der Waals surface area contributed by atoms with Gasteiger partial charge in [-0.25, -0.2) is 0 Å². The topological polar surface area (TPSA) is 59.0 Å². The molecule has 0 saturated heterocycles. The summed E-state index contributed by atoms with van der Waals surface area (Å²) >= 11 is 0. The van der Waals surface area contributed by atoms with Crippen molar-refractivity contribution in [2.24, 2.45) is 5.73 Å². The Bertz CT molecular complexity index is 543. The van der Waals surface area contributed by atoms with Gasteiger partial charge in [0.2, 0.25) is 0 Å². The molecule has 1 atom stereocenters. The molecular formula is C16H16N2O. The second-order valence-corrected chi connectivity index (χ2v) is 4.25. The zero-order chi connectivity index (χ0) is 13.5. The van der Waals surface area contributed by atoms with Gasteiger partial charge >= 0.3 is 0 Å². The second kappa shape index (κ2) is 6.58. The van der Waals surface area contributed by atoms with Gasteiger partial charge in [0.1, 0.15) is 18.3 Å². The first-order chi connectivity index (χ1) is 9.33. The lowest BCUT2D eigenvalue weighted by Gasteiger charge is -2.11. The van der Waals surface area contributed by atoms with E-state index in [2.05, 4.69) is 6.07 Å². The molecule has 0 aliphatic rings. The molecule has 0 spiro atoms. The summed E-state index contributed by atoms with van der Waals surface area (Å²) in [4.78, 5) is 0. The molecule has 96 valence electrons. The van der Waals surface area contributed by atoms with Crippen molar-refractivity contribution in [1.29, 1.82) is 5.26 Å². The largest absolute Gasteiger partial charge is 0.492 e. The highest BCUT2D eigenvalue weighted by Gasteiger charge is 2.10. The Kier molecular flexibility index (Phi) is 4.54. The molecule has 0 radical (unpaired) electrons.